The molecule has 0 aromatic heterocycles. The number of rotatable bonds is 6. The molecule has 0 aliphatic heterocycles. The molecule has 0 fully saturated rings. The van der Waals surface area contributed by atoms with Crippen molar-refractivity contribution < 1.29 is 27.9 Å². The predicted octanol–water partition coefficient (Wildman–Crippen LogP) is 2.65. The summed E-state index contributed by atoms with van der Waals surface area (Å²) in [6.45, 7) is 3.58. The van der Waals surface area contributed by atoms with Gasteiger partial charge in [0.05, 0.1) is 10.6 Å². The number of nitrogens with one attached hydrogen (secondary N) is 2. The highest BCUT2D eigenvalue weighted by molar-refractivity contribution is 6.33. The van der Waals surface area contributed by atoms with E-state index in [1.165, 1.54) is 0 Å². The van der Waals surface area contributed by atoms with Crippen LogP contribution in [0.25, 0.3) is 0 Å². The van der Waals surface area contributed by atoms with E-state index in [1.807, 2.05) is 19.2 Å². The van der Waals surface area contributed by atoms with Crippen LogP contribution in [0.1, 0.15) is 30.6 Å². The highest BCUT2D eigenvalue weighted by Crippen LogP contribution is 2.20. The van der Waals surface area contributed by atoms with Gasteiger partial charge >= 0.3 is 12.0 Å². The maximum atomic E-state index is 13.1. The first-order chi connectivity index (χ1) is 11.2. The van der Waals surface area contributed by atoms with Gasteiger partial charge in [0.25, 0.3) is 5.91 Å². The molecule has 9 heteroatoms. The Hall–Kier alpha value is -2.22. The van der Waals surface area contributed by atoms with Crippen molar-refractivity contribution >= 4 is 29.5 Å². The molecule has 0 bridgehead atoms. The fourth-order valence-corrected chi connectivity index (χ4v) is 1.80. The number of imide groups is 1. The monoisotopic (exact) mass is 362 g/mol. The van der Waals surface area contributed by atoms with Gasteiger partial charge in [-0.15, -0.1) is 0 Å². The lowest BCUT2D eigenvalue weighted by Crippen LogP contribution is -2.42. The lowest BCUT2D eigenvalue weighted by atomic mass is 10.1. The Morgan fingerprint density at radius 3 is 2.46 bits per heavy atom. The van der Waals surface area contributed by atoms with Crippen molar-refractivity contribution in [1.29, 1.82) is 0 Å². The summed E-state index contributed by atoms with van der Waals surface area (Å²) in [7, 11) is 0. The van der Waals surface area contributed by atoms with Gasteiger partial charge in [-0.2, -0.15) is 0 Å². The third-order valence-electron chi connectivity index (χ3n) is 2.82. The molecule has 132 valence electrons. The van der Waals surface area contributed by atoms with Crippen LogP contribution in [0.4, 0.5) is 13.6 Å². The normalized spacial score (nSPS) is 10.4. The van der Waals surface area contributed by atoms with E-state index in [9.17, 15) is 23.2 Å². The van der Waals surface area contributed by atoms with E-state index >= 15 is 0 Å². The molecule has 1 aromatic rings. The molecule has 0 radical (unpaired) electrons. The number of carbonyl (C=O) groups is 3. The number of esters is 1. The Morgan fingerprint density at radius 1 is 1.21 bits per heavy atom. The maximum absolute atomic E-state index is 13.1. The van der Waals surface area contributed by atoms with E-state index in [0.29, 0.717) is 24.6 Å². The summed E-state index contributed by atoms with van der Waals surface area (Å²) in [6, 6.07) is 0.467. The standard InChI is InChI=1S/C15H17ClF2N2O4/c1-8(2)3-4-19-15(23)20-13(21)7-24-14(22)9-5-11(17)12(18)6-10(9)16/h5-6,8H,3-4,7H2,1-2H3,(H2,19,20,21,23). The first-order valence-corrected chi connectivity index (χ1v) is 7.47. The first-order valence-electron chi connectivity index (χ1n) is 7.10. The molecular weight excluding hydrogens is 346 g/mol. The SMILES string of the molecule is CC(C)CCNC(=O)NC(=O)COC(=O)c1cc(F)c(F)cc1Cl. The van der Waals surface area contributed by atoms with Crippen LogP contribution in [0.3, 0.4) is 0 Å². The molecule has 0 unspecified atom stereocenters. The maximum Gasteiger partial charge on any atom is 0.340 e. The Morgan fingerprint density at radius 2 is 1.83 bits per heavy atom. The van der Waals surface area contributed by atoms with Gasteiger partial charge in [-0.3, -0.25) is 10.1 Å². The summed E-state index contributed by atoms with van der Waals surface area (Å²) in [6.07, 6.45) is 0.741. The summed E-state index contributed by atoms with van der Waals surface area (Å²) in [5.74, 6) is -4.09. The van der Waals surface area contributed by atoms with E-state index in [1.54, 1.807) is 0 Å². The zero-order valence-electron chi connectivity index (χ0n) is 13.1. The number of halogens is 3. The van der Waals surface area contributed by atoms with Crippen molar-refractivity contribution in [2.24, 2.45) is 5.92 Å². The van der Waals surface area contributed by atoms with Gasteiger partial charge in [0.1, 0.15) is 0 Å². The topological polar surface area (TPSA) is 84.5 Å². The average molecular weight is 363 g/mol. The molecule has 0 atom stereocenters. The average Bonchev–Trinajstić information content (AvgIpc) is 2.48. The van der Waals surface area contributed by atoms with Crippen molar-refractivity contribution in [3.63, 3.8) is 0 Å². The van der Waals surface area contributed by atoms with Gasteiger partial charge in [-0.1, -0.05) is 25.4 Å². The van der Waals surface area contributed by atoms with Crippen LogP contribution >= 0.6 is 11.6 Å². The number of benzene rings is 1. The van der Waals surface area contributed by atoms with E-state index in [4.69, 9.17) is 11.6 Å². The molecule has 0 saturated heterocycles. The molecule has 0 aliphatic carbocycles. The number of urea groups is 1. The van der Waals surface area contributed by atoms with Crippen LogP contribution in [-0.2, 0) is 9.53 Å². The second-order valence-corrected chi connectivity index (χ2v) is 5.72. The molecule has 0 heterocycles. The number of amides is 3. The molecule has 24 heavy (non-hydrogen) atoms. The Kier molecular flexibility index (Phi) is 7.57. The van der Waals surface area contributed by atoms with E-state index in [2.05, 4.69) is 10.1 Å². The zero-order chi connectivity index (χ0) is 18.3. The third-order valence-corrected chi connectivity index (χ3v) is 3.14. The number of hydrogen-bond donors (Lipinski definition) is 2. The highest BCUT2D eigenvalue weighted by Gasteiger charge is 2.18. The molecule has 0 spiro atoms. The van der Waals surface area contributed by atoms with Crippen molar-refractivity contribution in [3.8, 4) is 0 Å². The van der Waals surface area contributed by atoms with E-state index in [-0.39, 0.29) is 5.02 Å². The first kappa shape index (κ1) is 19.8. The lowest BCUT2D eigenvalue weighted by molar-refractivity contribution is -0.123. The number of carbonyl (C=O) groups excluding carboxylic acids is 3. The van der Waals surface area contributed by atoms with Crippen LogP contribution in [0, 0.1) is 17.6 Å². The summed E-state index contributed by atoms with van der Waals surface area (Å²) in [5, 5.41) is 4.07. The van der Waals surface area contributed by atoms with Gasteiger partial charge in [-0.05, 0) is 24.5 Å². The van der Waals surface area contributed by atoms with Gasteiger partial charge < -0.3 is 10.1 Å². The quantitative estimate of drug-likeness (QED) is 0.602. The van der Waals surface area contributed by atoms with E-state index < -0.39 is 41.7 Å². The minimum Gasteiger partial charge on any atom is -0.452 e. The Bertz CT molecular complexity index is 638. The molecule has 6 nitrogen and oxygen atoms in total. The van der Waals surface area contributed by atoms with Gasteiger partial charge in [-0.25, -0.2) is 18.4 Å². The molecule has 3 amide bonds. The van der Waals surface area contributed by atoms with Crippen LogP contribution < -0.4 is 10.6 Å². The highest BCUT2D eigenvalue weighted by atomic mass is 35.5. The predicted molar refractivity (Wildman–Crippen MR) is 82.6 cm³/mol. The molecule has 0 aliphatic rings. The fourth-order valence-electron chi connectivity index (χ4n) is 1.57. The summed E-state index contributed by atoms with van der Waals surface area (Å²) >= 11 is 5.61. The van der Waals surface area contributed by atoms with Crippen molar-refractivity contribution in [2.45, 2.75) is 20.3 Å². The van der Waals surface area contributed by atoms with Crippen molar-refractivity contribution in [2.75, 3.05) is 13.2 Å². The van der Waals surface area contributed by atoms with Crippen molar-refractivity contribution in [1.82, 2.24) is 10.6 Å². The Balaban J connectivity index is 2.45. The van der Waals surface area contributed by atoms with Gasteiger partial charge in [0, 0.05) is 6.54 Å². The number of ether oxygens (including phenoxy) is 1. The molecule has 2 N–H and O–H groups in total. The van der Waals surface area contributed by atoms with Crippen LogP contribution in [-0.4, -0.2) is 31.1 Å². The van der Waals surface area contributed by atoms with Gasteiger partial charge in [0.15, 0.2) is 18.2 Å². The minimum absolute atomic E-state index is 0.356. The molecule has 1 rings (SSSR count). The molecular formula is C15H17ClF2N2O4. The summed E-state index contributed by atoms with van der Waals surface area (Å²) in [4.78, 5) is 34.6. The largest absolute Gasteiger partial charge is 0.452 e. The van der Waals surface area contributed by atoms with Crippen LogP contribution in [0.5, 0.6) is 0 Å². The molecule has 1 aromatic carbocycles. The van der Waals surface area contributed by atoms with E-state index in [0.717, 1.165) is 6.42 Å². The Labute approximate surface area is 142 Å². The van der Waals surface area contributed by atoms with Crippen LogP contribution in [0.15, 0.2) is 12.1 Å². The third kappa shape index (κ3) is 6.49. The number of hydrogen-bond acceptors (Lipinski definition) is 4. The zero-order valence-corrected chi connectivity index (χ0v) is 13.9. The summed E-state index contributed by atoms with van der Waals surface area (Å²) < 4.78 is 30.6. The molecule has 0 saturated carbocycles. The minimum atomic E-state index is -1.28. The second-order valence-electron chi connectivity index (χ2n) is 5.31. The van der Waals surface area contributed by atoms with Gasteiger partial charge in [0.2, 0.25) is 0 Å². The van der Waals surface area contributed by atoms with Crippen LogP contribution in [0.2, 0.25) is 5.02 Å². The summed E-state index contributed by atoms with van der Waals surface area (Å²) in [5.41, 5.74) is -0.426. The fraction of sp³-hybridized carbons (Fsp3) is 0.400. The lowest BCUT2D eigenvalue weighted by Gasteiger charge is -2.09. The smallest absolute Gasteiger partial charge is 0.340 e. The second kappa shape index (κ2) is 9.17. The van der Waals surface area contributed by atoms with Crippen molar-refractivity contribution in [3.05, 3.63) is 34.4 Å².